The predicted octanol–water partition coefficient (Wildman–Crippen LogP) is 3.84. The van der Waals surface area contributed by atoms with Crippen molar-refractivity contribution >= 4 is 5.97 Å². The van der Waals surface area contributed by atoms with Crippen molar-refractivity contribution in [3.8, 4) is 5.75 Å². The maximum Gasteiger partial charge on any atom is 0.303 e. The van der Waals surface area contributed by atoms with Gasteiger partial charge in [-0.2, -0.15) is 0 Å². The molecule has 1 aromatic rings. The van der Waals surface area contributed by atoms with Crippen LogP contribution in [0.3, 0.4) is 0 Å². The van der Waals surface area contributed by atoms with Crippen molar-refractivity contribution in [3.63, 3.8) is 0 Å². The molecule has 0 saturated carbocycles. The average Bonchev–Trinajstić information content (AvgIpc) is 2.39. The highest BCUT2D eigenvalue weighted by molar-refractivity contribution is 5.66. The van der Waals surface area contributed by atoms with E-state index in [-0.39, 0.29) is 6.42 Å². The molecule has 0 aliphatic carbocycles. The zero-order valence-corrected chi connectivity index (χ0v) is 11.9. The summed E-state index contributed by atoms with van der Waals surface area (Å²) in [7, 11) is 1.71. The number of benzene rings is 1. The molecule has 0 fully saturated rings. The maximum absolute atomic E-state index is 10.4. The molecule has 1 N–H and O–H groups in total. The van der Waals surface area contributed by atoms with Gasteiger partial charge in [-0.25, -0.2) is 0 Å². The van der Waals surface area contributed by atoms with Gasteiger partial charge >= 0.3 is 5.97 Å². The summed E-state index contributed by atoms with van der Waals surface area (Å²) in [6, 6.07) is 6.20. The smallest absolute Gasteiger partial charge is 0.303 e. The van der Waals surface area contributed by atoms with Crippen molar-refractivity contribution in [2.24, 2.45) is 0 Å². The standard InChI is InChI=1S/C16H24O3/c1-3-8-14-13(10-7-11-15(14)19-2)9-5-4-6-12-16(17)18/h7,10-11H,3-6,8-9,12H2,1-2H3,(H,17,18). The average molecular weight is 264 g/mol. The van der Waals surface area contributed by atoms with E-state index < -0.39 is 5.97 Å². The molecule has 1 rings (SSSR count). The quantitative estimate of drug-likeness (QED) is 0.689. The zero-order valence-electron chi connectivity index (χ0n) is 11.9. The molecule has 0 saturated heterocycles. The van der Waals surface area contributed by atoms with Crippen LogP contribution in [0.15, 0.2) is 18.2 Å². The Morgan fingerprint density at radius 3 is 2.63 bits per heavy atom. The van der Waals surface area contributed by atoms with Crippen LogP contribution in [0.4, 0.5) is 0 Å². The fraction of sp³-hybridized carbons (Fsp3) is 0.562. The van der Waals surface area contributed by atoms with Gasteiger partial charge in [0.25, 0.3) is 0 Å². The number of carboxylic acids is 1. The molecule has 0 spiro atoms. The molecule has 19 heavy (non-hydrogen) atoms. The van der Waals surface area contributed by atoms with Gasteiger partial charge in [0, 0.05) is 6.42 Å². The number of carboxylic acid groups (broad SMARTS) is 1. The molecule has 0 radical (unpaired) electrons. The topological polar surface area (TPSA) is 46.5 Å². The Morgan fingerprint density at radius 2 is 2.00 bits per heavy atom. The first-order chi connectivity index (χ1) is 9.19. The van der Waals surface area contributed by atoms with Crippen LogP contribution in [-0.4, -0.2) is 18.2 Å². The molecule has 0 bridgehead atoms. The van der Waals surface area contributed by atoms with E-state index in [9.17, 15) is 4.79 Å². The number of methoxy groups -OCH3 is 1. The third-order valence-electron chi connectivity index (χ3n) is 3.29. The Balaban J connectivity index is 2.54. The molecule has 3 heteroatoms. The SMILES string of the molecule is CCCc1c(CCCCCC(=O)O)cccc1OC. The summed E-state index contributed by atoms with van der Waals surface area (Å²) in [5, 5.41) is 8.60. The van der Waals surface area contributed by atoms with Crippen molar-refractivity contribution in [1.82, 2.24) is 0 Å². The summed E-state index contributed by atoms with van der Waals surface area (Å²) < 4.78 is 5.42. The molecular weight excluding hydrogens is 240 g/mol. The van der Waals surface area contributed by atoms with Gasteiger partial charge < -0.3 is 9.84 Å². The van der Waals surface area contributed by atoms with Crippen LogP contribution in [0, 0.1) is 0 Å². The van der Waals surface area contributed by atoms with E-state index in [1.54, 1.807) is 7.11 Å². The largest absolute Gasteiger partial charge is 0.496 e. The Bertz CT molecular complexity index is 399. The highest BCUT2D eigenvalue weighted by Gasteiger charge is 2.08. The number of hydrogen-bond donors (Lipinski definition) is 1. The lowest BCUT2D eigenvalue weighted by Gasteiger charge is -2.13. The van der Waals surface area contributed by atoms with E-state index in [1.165, 1.54) is 11.1 Å². The third-order valence-corrected chi connectivity index (χ3v) is 3.29. The number of ether oxygens (including phenoxy) is 1. The van der Waals surface area contributed by atoms with Gasteiger partial charge in [0.1, 0.15) is 5.75 Å². The summed E-state index contributed by atoms with van der Waals surface area (Å²) >= 11 is 0. The molecule has 106 valence electrons. The summed E-state index contributed by atoms with van der Waals surface area (Å²) in [5.74, 6) is 0.276. The van der Waals surface area contributed by atoms with E-state index in [0.29, 0.717) is 0 Å². The number of aryl methyl sites for hydroxylation is 1. The van der Waals surface area contributed by atoms with Gasteiger partial charge in [-0.1, -0.05) is 31.9 Å². The van der Waals surface area contributed by atoms with Crippen LogP contribution >= 0.6 is 0 Å². The molecular formula is C16H24O3. The summed E-state index contributed by atoms with van der Waals surface area (Å²) in [5.41, 5.74) is 2.65. The van der Waals surface area contributed by atoms with E-state index in [4.69, 9.17) is 9.84 Å². The van der Waals surface area contributed by atoms with Gasteiger partial charge in [0.05, 0.1) is 7.11 Å². The normalized spacial score (nSPS) is 10.4. The summed E-state index contributed by atoms with van der Waals surface area (Å²) in [6.07, 6.45) is 6.20. The van der Waals surface area contributed by atoms with Gasteiger partial charge in [0.2, 0.25) is 0 Å². The lowest BCUT2D eigenvalue weighted by Crippen LogP contribution is -1.99. The van der Waals surface area contributed by atoms with Gasteiger partial charge in [0.15, 0.2) is 0 Å². The van der Waals surface area contributed by atoms with Crippen LogP contribution in [0.1, 0.15) is 50.2 Å². The second-order valence-electron chi connectivity index (χ2n) is 4.80. The van der Waals surface area contributed by atoms with Gasteiger partial charge in [-0.3, -0.25) is 4.79 Å². The van der Waals surface area contributed by atoms with Gasteiger partial charge in [-0.15, -0.1) is 0 Å². The fourth-order valence-corrected chi connectivity index (χ4v) is 2.34. The minimum atomic E-state index is -0.701. The Kier molecular flexibility index (Phi) is 7.01. The lowest BCUT2D eigenvalue weighted by atomic mass is 9.97. The minimum Gasteiger partial charge on any atom is -0.496 e. The predicted molar refractivity (Wildman–Crippen MR) is 76.8 cm³/mol. The van der Waals surface area contributed by atoms with Crippen LogP contribution in [-0.2, 0) is 17.6 Å². The molecule has 1 aromatic carbocycles. The van der Waals surface area contributed by atoms with E-state index in [2.05, 4.69) is 13.0 Å². The van der Waals surface area contributed by atoms with Crippen LogP contribution in [0.5, 0.6) is 5.75 Å². The summed E-state index contributed by atoms with van der Waals surface area (Å²) in [4.78, 5) is 10.4. The lowest BCUT2D eigenvalue weighted by molar-refractivity contribution is -0.137. The van der Waals surface area contributed by atoms with Crippen molar-refractivity contribution in [3.05, 3.63) is 29.3 Å². The number of aliphatic carboxylic acids is 1. The molecule has 0 aliphatic heterocycles. The van der Waals surface area contributed by atoms with Crippen LogP contribution in [0.25, 0.3) is 0 Å². The van der Waals surface area contributed by atoms with E-state index >= 15 is 0 Å². The first-order valence-electron chi connectivity index (χ1n) is 7.05. The van der Waals surface area contributed by atoms with Crippen molar-refractivity contribution in [2.75, 3.05) is 7.11 Å². The highest BCUT2D eigenvalue weighted by Crippen LogP contribution is 2.25. The fourth-order valence-electron chi connectivity index (χ4n) is 2.34. The first-order valence-corrected chi connectivity index (χ1v) is 7.05. The molecule has 0 aliphatic rings. The highest BCUT2D eigenvalue weighted by atomic mass is 16.5. The number of rotatable bonds is 9. The van der Waals surface area contributed by atoms with Crippen molar-refractivity contribution in [1.29, 1.82) is 0 Å². The molecule has 0 atom stereocenters. The van der Waals surface area contributed by atoms with Crippen LogP contribution < -0.4 is 4.74 Å². The number of carbonyl (C=O) groups is 1. The third kappa shape index (κ3) is 5.33. The van der Waals surface area contributed by atoms with E-state index in [0.717, 1.165) is 44.3 Å². The summed E-state index contributed by atoms with van der Waals surface area (Å²) in [6.45, 7) is 2.17. The second kappa shape index (κ2) is 8.57. The van der Waals surface area contributed by atoms with Crippen molar-refractivity contribution in [2.45, 2.75) is 51.9 Å². The first kappa shape index (κ1) is 15.5. The molecule has 0 unspecified atom stereocenters. The van der Waals surface area contributed by atoms with Crippen LogP contribution in [0.2, 0.25) is 0 Å². The second-order valence-corrected chi connectivity index (χ2v) is 4.80. The molecule has 0 heterocycles. The molecule has 3 nitrogen and oxygen atoms in total. The number of unbranched alkanes of at least 4 members (excludes halogenated alkanes) is 2. The Morgan fingerprint density at radius 1 is 1.21 bits per heavy atom. The minimum absolute atomic E-state index is 0.278. The molecule has 0 aromatic heterocycles. The van der Waals surface area contributed by atoms with E-state index in [1.807, 2.05) is 12.1 Å². The van der Waals surface area contributed by atoms with Crippen molar-refractivity contribution < 1.29 is 14.6 Å². The zero-order chi connectivity index (χ0) is 14.1. The monoisotopic (exact) mass is 264 g/mol. The Hall–Kier alpha value is -1.51. The maximum atomic E-state index is 10.4. The number of hydrogen-bond acceptors (Lipinski definition) is 2. The molecule has 0 amide bonds. The van der Waals surface area contributed by atoms with Gasteiger partial charge in [-0.05, 0) is 42.9 Å². The Labute approximate surface area is 115 Å².